The Balaban J connectivity index is 1.71. The van der Waals surface area contributed by atoms with E-state index < -0.39 is 17.7 Å². The van der Waals surface area contributed by atoms with Gasteiger partial charge in [0, 0.05) is 5.56 Å². The highest BCUT2D eigenvalue weighted by molar-refractivity contribution is 7.22. The highest BCUT2D eigenvalue weighted by Crippen LogP contribution is 2.45. The molecule has 1 fully saturated rings. The number of rotatable bonds is 6. The maximum atomic E-state index is 13.4. The van der Waals surface area contributed by atoms with Gasteiger partial charge in [-0.2, -0.15) is 0 Å². The van der Waals surface area contributed by atoms with E-state index in [0.29, 0.717) is 27.8 Å². The Kier molecular flexibility index (Phi) is 6.20. The molecule has 2 heterocycles. The average molecular weight is 501 g/mol. The fraction of sp³-hybridized carbons (Fsp3) is 0.179. The number of Topliss-reactive ketones (excluding diaryl/α,β-unsaturated/α-hetero) is 1. The topological polar surface area (TPSA) is 89.0 Å². The second-order valence-electron chi connectivity index (χ2n) is 8.33. The summed E-state index contributed by atoms with van der Waals surface area (Å²) in [6, 6.07) is 18.9. The van der Waals surface area contributed by atoms with Crippen LogP contribution in [0.2, 0.25) is 0 Å². The van der Waals surface area contributed by atoms with E-state index in [1.54, 1.807) is 62.8 Å². The van der Waals surface area contributed by atoms with Gasteiger partial charge in [0.1, 0.15) is 17.3 Å². The van der Waals surface area contributed by atoms with Gasteiger partial charge in [-0.3, -0.25) is 14.5 Å². The molecule has 1 aromatic heterocycles. The van der Waals surface area contributed by atoms with Gasteiger partial charge in [0.2, 0.25) is 0 Å². The van der Waals surface area contributed by atoms with Gasteiger partial charge in [0.05, 0.1) is 36.1 Å². The first-order valence-corrected chi connectivity index (χ1v) is 12.3. The van der Waals surface area contributed by atoms with E-state index in [9.17, 15) is 14.7 Å². The van der Waals surface area contributed by atoms with Crippen molar-refractivity contribution in [1.29, 1.82) is 0 Å². The number of amides is 1. The molecule has 0 radical (unpaired) electrons. The third kappa shape index (κ3) is 3.99. The van der Waals surface area contributed by atoms with E-state index in [-0.39, 0.29) is 11.3 Å². The van der Waals surface area contributed by atoms with Crippen molar-refractivity contribution in [2.24, 2.45) is 0 Å². The van der Waals surface area contributed by atoms with Crippen molar-refractivity contribution in [3.8, 4) is 11.5 Å². The lowest BCUT2D eigenvalue weighted by Gasteiger charge is -2.23. The van der Waals surface area contributed by atoms with Crippen LogP contribution in [0.5, 0.6) is 11.5 Å². The summed E-state index contributed by atoms with van der Waals surface area (Å²) in [5, 5.41) is 11.7. The summed E-state index contributed by atoms with van der Waals surface area (Å²) in [6.45, 7) is 2.07. The van der Waals surface area contributed by atoms with Crippen molar-refractivity contribution in [1.82, 2.24) is 4.98 Å². The predicted molar refractivity (Wildman–Crippen MR) is 140 cm³/mol. The molecule has 1 aliphatic rings. The van der Waals surface area contributed by atoms with Crippen LogP contribution < -0.4 is 14.4 Å². The Labute approximate surface area is 212 Å². The number of aryl methyl sites for hydroxylation is 1. The van der Waals surface area contributed by atoms with Crippen LogP contribution in [0.25, 0.3) is 16.0 Å². The monoisotopic (exact) mass is 500 g/mol. The lowest BCUT2D eigenvalue weighted by atomic mass is 9.95. The molecule has 1 saturated heterocycles. The van der Waals surface area contributed by atoms with Crippen molar-refractivity contribution >= 4 is 44.1 Å². The number of ether oxygens (including phenoxy) is 2. The van der Waals surface area contributed by atoms with E-state index in [4.69, 9.17) is 9.47 Å². The number of ketones is 1. The van der Waals surface area contributed by atoms with Gasteiger partial charge in [0.25, 0.3) is 5.78 Å². The minimum atomic E-state index is -0.881. The summed E-state index contributed by atoms with van der Waals surface area (Å²) in [6.07, 6.45) is 0.874. The van der Waals surface area contributed by atoms with Crippen LogP contribution in [0.1, 0.15) is 29.7 Å². The number of aliphatic hydroxyl groups excluding tert-OH is 1. The predicted octanol–water partition coefficient (Wildman–Crippen LogP) is 5.50. The molecule has 182 valence electrons. The highest BCUT2D eigenvalue weighted by atomic mass is 32.1. The lowest BCUT2D eigenvalue weighted by molar-refractivity contribution is -0.132. The smallest absolute Gasteiger partial charge is 0.301 e. The number of thiazole rings is 1. The van der Waals surface area contributed by atoms with Crippen LogP contribution in [0.4, 0.5) is 5.13 Å². The lowest BCUT2D eigenvalue weighted by Crippen LogP contribution is -2.29. The SMILES string of the molecule is CCc1ccc2nc(N3C(=O)C(=O)/C(=C(/O)c4ccc(OC)cc4)[C@H]3c3cccc(OC)c3)sc2c1. The number of fused-ring (bicyclic) bond motifs is 1. The van der Waals surface area contributed by atoms with Crippen LogP contribution in [0.15, 0.2) is 72.3 Å². The molecule has 1 N–H and O–H groups in total. The molecule has 1 amide bonds. The molecule has 3 aromatic carbocycles. The molecule has 5 rings (SSSR count). The van der Waals surface area contributed by atoms with Gasteiger partial charge >= 0.3 is 5.91 Å². The number of aliphatic hydroxyl groups is 1. The Hall–Kier alpha value is -4.17. The number of hydrogen-bond donors (Lipinski definition) is 1. The molecular formula is C28H24N2O5S. The van der Waals surface area contributed by atoms with Crippen LogP contribution in [0, 0.1) is 0 Å². The van der Waals surface area contributed by atoms with Crippen molar-refractivity contribution in [2.45, 2.75) is 19.4 Å². The van der Waals surface area contributed by atoms with E-state index in [0.717, 1.165) is 22.2 Å². The number of methoxy groups -OCH3 is 2. The Morgan fingerprint density at radius 3 is 2.44 bits per heavy atom. The van der Waals surface area contributed by atoms with Crippen LogP contribution in [0.3, 0.4) is 0 Å². The van der Waals surface area contributed by atoms with Gasteiger partial charge in [-0.15, -0.1) is 0 Å². The number of benzene rings is 3. The minimum Gasteiger partial charge on any atom is -0.507 e. The van der Waals surface area contributed by atoms with Crippen molar-refractivity contribution < 1.29 is 24.2 Å². The maximum absolute atomic E-state index is 13.4. The van der Waals surface area contributed by atoms with Crippen molar-refractivity contribution in [2.75, 3.05) is 19.1 Å². The second-order valence-corrected chi connectivity index (χ2v) is 9.34. The first-order valence-electron chi connectivity index (χ1n) is 11.4. The van der Waals surface area contributed by atoms with Crippen molar-refractivity contribution in [3.05, 3.63) is 89.0 Å². The van der Waals surface area contributed by atoms with Crippen molar-refractivity contribution in [3.63, 3.8) is 0 Å². The van der Waals surface area contributed by atoms with Gasteiger partial charge in [0.15, 0.2) is 5.13 Å². The second kappa shape index (κ2) is 9.47. The van der Waals surface area contributed by atoms with Gasteiger partial charge in [-0.05, 0) is 66.1 Å². The molecule has 0 saturated carbocycles. The first kappa shape index (κ1) is 23.6. The van der Waals surface area contributed by atoms with E-state index >= 15 is 0 Å². The molecule has 8 heteroatoms. The van der Waals surface area contributed by atoms with Crippen LogP contribution in [-0.2, 0) is 16.0 Å². The molecule has 1 atom stereocenters. The summed E-state index contributed by atoms with van der Waals surface area (Å²) in [4.78, 5) is 32.9. The average Bonchev–Trinajstić information content (AvgIpc) is 3.45. The third-order valence-electron chi connectivity index (χ3n) is 6.27. The zero-order chi connectivity index (χ0) is 25.4. The van der Waals surface area contributed by atoms with E-state index in [1.165, 1.54) is 16.2 Å². The molecule has 36 heavy (non-hydrogen) atoms. The number of carbonyl (C=O) groups is 2. The van der Waals surface area contributed by atoms with E-state index in [2.05, 4.69) is 11.9 Å². The maximum Gasteiger partial charge on any atom is 0.301 e. The summed E-state index contributed by atoms with van der Waals surface area (Å²) in [7, 11) is 3.09. The quantitative estimate of drug-likeness (QED) is 0.214. The number of anilines is 1. The summed E-state index contributed by atoms with van der Waals surface area (Å²) in [5.74, 6) is -0.602. The summed E-state index contributed by atoms with van der Waals surface area (Å²) >= 11 is 1.34. The third-order valence-corrected chi connectivity index (χ3v) is 7.29. The summed E-state index contributed by atoms with van der Waals surface area (Å²) < 4.78 is 11.5. The zero-order valence-electron chi connectivity index (χ0n) is 20.0. The van der Waals surface area contributed by atoms with Crippen LogP contribution in [-0.4, -0.2) is 36.0 Å². The Morgan fingerprint density at radius 1 is 1.00 bits per heavy atom. The minimum absolute atomic E-state index is 0.00748. The van der Waals surface area contributed by atoms with E-state index in [1.807, 2.05) is 18.2 Å². The molecule has 0 aliphatic carbocycles. The fourth-order valence-electron chi connectivity index (χ4n) is 4.34. The zero-order valence-corrected chi connectivity index (χ0v) is 20.8. The molecule has 0 unspecified atom stereocenters. The first-order chi connectivity index (χ1) is 17.4. The standard InChI is InChI=1S/C28H24N2O5S/c1-4-16-8-13-21-22(14-16)36-28(29-21)30-24(18-6-5-7-20(15-18)35-3)23(26(32)27(30)33)25(31)17-9-11-19(34-2)12-10-17/h5-15,24,31H,4H2,1-3H3/b25-23+/t24-/m1/s1. The fourth-order valence-corrected chi connectivity index (χ4v) is 5.40. The molecule has 0 bridgehead atoms. The molecule has 1 aliphatic heterocycles. The number of nitrogens with zero attached hydrogens (tertiary/aromatic N) is 2. The largest absolute Gasteiger partial charge is 0.507 e. The number of carbonyl (C=O) groups excluding carboxylic acids is 2. The van der Waals surface area contributed by atoms with Crippen LogP contribution >= 0.6 is 11.3 Å². The summed E-state index contributed by atoms with van der Waals surface area (Å²) in [5.41, 5.74) is 2.92. The molecule has 7 nitrogen and oxygen atoms in total. The Morgan fingerprint density at radius 2 is 1.75 bits per heavy atom. The number of hydrogen-bond acceptors (Lipinski definition) is 7. The molecule has 4 aromatic rings. The van der Waals surface area contributed by atoms with Gasteiger partial charge in [-0.1, -0.05) is 36.5 Å². The normalized spacial score (nSPS) is 17.1. The number of aromatic nitrogens is 1. The Bertz CT molecular complexity index is 1510. The highest BCUT2D eigenvalue weighted by Gasteiger charge is 2.48. The molecule has 0 spiro atoms. The van der Waals surface area contributed by atoms with Gasteiger partial charge in [-0.25, -0.2) is 4.98 Å². The van der Waals surface area contributed by atoms with Gasteiger partial charge < -0.3 is 14.6 Å². The molecular weight excluding hydrogens is 476 g/mol.